The fourth-order valence-electron chi connectivity index (χ4n) is 1.46. The van der Waals surface area contributed by atoms with Crippen molar-refractivity contribution in [2.24, 2.45) is 0 Å². The van der Waals surface area contributed by atoms with E-state index in [2.05, 4.69) is 0 Å². The van der Waals surface area contributed by atoms with Crippen LogP contribution in [0.15, 0.2) is 0 Å². The van der Waals surface area contributed by atoms with E-state index >= 15 is 0 Å². The molecule has 0 amide bonds. The Hall–Kier alpha value is -0.0231. The number of aliphatic hydroxyl groups is 4. The summed E-state index contributed by atoms with van der Waals surface area (Å²) in [6.45, 7) is 5.11. The zero-order valence-electron chi connectivity index (χ0n) is 9.75. The van der Waals surface area contributed by atoms with E-state index in [9.17, 15) is 15.3 Å². The van der Waals surface area contributed by atoms with E-state index in [1.54, 1.807) is 0 Å². The molecule has 1 fully saturated rings. The van der Waals surface area contributed by atoms with Gasteiger partial charge < -0.3 is 29.6 Å². The molecule has 16 heavy (non-hydrogen) atoms. The summed E-state index contributed by atoms with van der Waals surface area (Å²) in [7, 11) is -1.85. The number of hydrogen-bond acceptors (Lipinski definition) is 6. The molecule has 0 aliphatic carbocycles. The minimum absolute atomic E-state index is 0.211. The Balaban J connectivity index is 2.64. The predicted molar refractivity (Wildman–Crippen MR) is 58.2 cm³/mol. The second-order valence-electron chi connectivity index (χ2n) is 5.02. The van der Waals surface area contributed by atoms with Gasteiger partial charge >= 0.3 is 0 Å². The zero-order chi connectivity index (χ0) is 12.6. The van der Waals surface area contributed by atoms with Crippen LogP contribution in [0, 0.1) is 0 Å². The normalized spacial score (nSPS) is 40.3. The van der Waals surface area contributed by atoms with Gasteiger partial charge in [-0.2, -0.15) is 0 Å². The molecule has 96 valence electrons. The van der Waals surface area contributed by atoms with E-state index in [0.717, 1.165) is 0 Å². The average Bonchev–Trinajstić information content (AvgIpc) is 2.40. The van der Waals surface area contributed by atoms with Gasteiger partial charge in [-0.1, -0.05) is 0 Å². The lowest BCUT2D eigenvalue weighted by molar-refractivity contribution is -0.245. The van der Waals surface area contributed by atoms with Gasteiger partial charge in [0.05, 0.1) is 13.2 Å². The summed E-state index contributed by atoms with van der Waals surface area (Å²) in [6.07, 6.45) is -3.76. The molecule has 1 aliphatic rings. The molecule has 7 heteroatoms. The Morgan fingerprint density at radius 3 is 2.25 bits per heavy atom. The predicted octanol–water partition coefficient (Wildman–Crippen LogP) is -1.36. The van der Waals surface area contributed by atoms with Crippen molar-refractivity contribution in [2.45, 2.75) is 43.7 Å². The Kier molecular flexibility index (Phi) is 4.12. The molecule has 4 atom stereocenters. The first kappa shape index (κ1) is 14.0. The van der Waals surface area contributed by atoms with E-state index in [-0.39, 0.29) is 6.61 Å². The number of ether oxygens (including phenoxy) is 1. The highest BCUT2D eigenvalue weighted by molar-refractivity contribution is 6.69. The van der Waals surface area contributed by atoms with Crippen LogP contribution in [-0.4, -0.2) is 66.1 Å². The van der Waals surface area contributed by atoms with Gasteiger partial charge in [-0.3, -0.25) is 0 Å². The maximum absolute atomic E-state index is 9.95. The van der Waals surface area contributed by atoms with E-state index in [4.69, 9.17) is 14.3 Å². The van der Waals surface area contributed by atoms with Crippen molar-refractivity contribution >= 4 is 8.32 Å². The molecule has 0 aromatic heterocycles. The SMILES string of the molecule is C[Si](C)(C)OC[C@@]1(O)O[C@H](CO)[C@@H](O)[C@@H]1O. The van der Waals surface area contributed by atoms with Gasteiger partial charge in [-0.15, -0.1) is 0 Å². The molecular formula is C9H20O6Si. The standard InChI is InChI=1S/C9H20O6Si/c1-16(2,3)14-5-9(13)8(12)7(11)6(4-10)15-9/h6-8,10-13H,4-5H2,1-3H3/t6-,7-,8+,9-/m1/s1. The van der Waals surface area contributed by atoms with Crippen molar-refractivity contribution in [2.75, 3.05) is 13.2 Å². The first-order valence-corrected chi connectivity index (χ1v) is 8.61. The fraction of sp³-hybridized carbons (Fsp3) is 1.00. The van der Waals surface area contributed by atoms with Crippen molar-refractivity contribution < 1.29 is 29.6 Å². The van der Waals surface area contributed by atoms with Gasteiger partial charge in [-0.05, 0) is 19.6 Å². The lowest BCUT2D eigenvalue weighted by Gasteiger charge is -2.29. The molecule has 1 saturated heterocycles. The van der Waals surface area contributed by atoms with Gasteiger partial charge in [0.1, 0.15) is 18.3 Å². The smallest absolute Gasteiger partial charge is 0.218 e. The van der Waals surface area contributed by atoms with E-state index < -0.39 is 39.0 Å². The van der Waals surface area contributed by atoms with Gasteiger partial charge in [-0.25, -0.2) is 0 Å². The van der Waals surface area contributed by atoms with Gasteiger partial charge in [0.15, 0.2) is 8.32 Å². The van der Waals surface area contributed by atoms with Crippen molar-refractivity contribution in [3.05, 3.63) is 0 Å². The second kappa shape index (κ2) is 4.69. The van der Waals surface area contributed by atoms with Crippen LogP contribution in [0.4, 0.5) is 0 Å². The van der Waals surface area contributed by atoms with Gasteiger partial charge in [0.25, 0.3) is 0 Å². The topological polar surface area (TPSA) is 99.4 Å². The van der Waals surface area contributed by atoms with Gasteiger partial charge in [0, 0.05) is 0 Å². The third-order valence-electron chi connectivity index (χ3n) is 2.41. The molecule has 6 nitrogen and oxygen atoms in total. The second-order valence-corrected chi connectivity index (χ2v) is 9.53. The Labute approximate surface area is 95.6 Å². The highest BCUT2D eigenvalue weighted by atomic mass is 28.4. The Morgan fingerprint density at radius 1 is 1.31 bits per heavy atom. The third-order valence-corrected chi connectivity index (χ3v) is 3.42. The monoisotopic (exact) mass is 252 g/mol. The Morgan fingerprint density at radius 2 is 1.88 bits per heavy atom. The molecule has 0 aromatic rings. The summed E-state index contributed by atoms with van der Waals surface area (Å²) in [5, 5.41) is 37.9. The lowest BCUT2D eigenvalue weighted by Crippen LogP contribution is -2.49. The summed E-state index contributed by atoms with van der Waals surface area (Å²) in [6, 6.07) is 0. The fourth-order valence-corrected chi connectivity index (χ4v) is 2.10. The number of hydrogen-bond donors (Lipinski definition) is 4. The molecule has 1 heterocycles. The molecule has 0 spiro atoms. The van der Waals surface area contributed by atoms with E-state index in [0.29, 0.717) is 0 Å². The largest absolute Gasteiger partial charge is 0.412 e. The quantitative estimate of drug-likeness (QED) is 0.461. The highest BCUT2D eigenvalue weighted by Crippen LogP contribution is 2.30. The van der Waals surface area contributed by atoms with Gasteiger partial charge in [0.2, 0.25) is 5.79 Å². The first-order chi connectivity index (χ1) is 7.19. The van der Waals surface area contributed by atoms with Crippen LogP contribution in [0.5, 0.6) is 0 Å². The summed E-state index contributed by atoms with van der Waals surface area (Å²) in [4.78, 5) is 0. The molecule has 0 bridgehead atoms. The van der Waals surface area contributed by atoms with Crippen LogP contribution in [0.2, 0.25) is 19.6 Å². The third kappa shape index (κ3) is 3.01. The van der Waals surface area contributed by atoms with E-state index in [1.165, 1.54) is 0 Å². The number of aliphatic hydroxyl groups excluding tert-OH is 3. The minimum atomic E-state index is -1.94. The van der Waals surface area contributed by atoms with E-state index in [1.807, 2.05) is 19.6 Å². The molecule has 0 saturated carbocycles. The molecule has 0 aromatic carbocycles. The average molecular weight is 252 g/mol. The molecule has 1 aliphatic heterocycles. The Bertz CT molecular complexity index is 243. The zero-order valence-corrected chi connectivity index (χ0v) is 10.8. The van der Waals surface area contributed by atoms with Crippen LogP contribution < -0.4 is 0 Å². The molecule has 0 radical (unpaired) electrons. The molecule has 4 N–H and O–H groups in total. The van der Waals surface area contributed by atoms with Crippen LogP contribution >= 0.6 is 0 Å². The van der Waals surface area contributed by atoms with Crippen molar-refractivity contribution in [3.8, 4) is 0 Å². The molecular weight excluding hydrogens is 232 g/mol. The summed E-state index contributed by atoms with van der Waals surface area (Å²) >= 11 is 0. The maximum Gasteiger partial charge on any atom is 0.218 e. The molecule has 1 rings (SSSR count). The summed E-state index contributed by atoms with van der Waals surface area (Å²) < 4.78 is 10.5. The number of rotatable bonds is 4. The summed E-state index contributed by atoms with van der Waals surface area (Å²) in [5.74, 6) is -1.94. The van der Waals surface area contributed by atoms with Crippen LogP contribution in [0.3, 0.4) is 0 Å². The van der Waals surface area contributed by atoms with Crippen LogP contribution in [0.25, 0.3) is 0 Å². The molecule has 0 unspecified atom stereocenters. The van der Waals surface area contributed by atoms with Crippen LogP contribution in [-0.2, 0) is 9.16 Å². The lowest BCUT2D eigenvalue weighted by atomic mass is 10.1. The van der Waals surface area contributed by atoms with Crippen molar-refractivity contribution in [1.82, 2.24) is 0 Å². The van der Waals surface area contributed by atoms with Crippen molar-refractivity contribution in [1.29, 1.82) is 0 Å². The minimum Gasteiger partial charge on any atom is -0.412 e. The highest BCUT2D eigenvalue weighted by Gasteiger charge is 2.53. The van der Waals surface area contributed by atoms with Crippen LogP contribution in [0.1, 0.15) is 0 Å². The first-order valence-electron chi connectivity index (χ1n) is 5.21. The maximum atomic E-state index is 9.95. The van der Waals surface area contributed by atoms with Crippen molar-refractivity contribution in [3.63, 3.8) is 0 Å². The summed E-state index contributed by atoms with van der Waals surface area (Å²) in [5.41, 5.74) is 0.